The van der Waals surface area contributed by atoms with Gasteiger partial charge in [-0.3, -0.25) is 9.36 Å². The third-order valence-corrected chi connectivity index (χ3v) is 3.35. The fourth-order valence-electron chi connectivity index (χ4n) is 2.23. The number of aromatic nitrogens is 3. The second-order valence-electron chi connectivity index (χ2n) is 5.26. The van der Waals surface area contributed by atoms with E-state index in [1.807, 2.05) is 27.7 Å². The summed E-state index contributed by atoms with van der Waals surface area (Å²) in [6.45, 7) is 8.42. The van der Waals surface area contributed by atoms with Gasteiger partial charge in [0.25, 0.3) is 5.56 Å². The van der Waals surface area contributed by atoms with E-state index in [0.717, 1.165) is 0 Å². The smallest absolute Gasteiger partial charge is 0.497 e. The molecule has 24 heavy (non-hydrogen) atoms. The predicted molar refractivity (Wildman–Crippen MR) is 85.6 cm³/mol. The normalized spacial score (nSPS) is 16.7. The average Bonchev–Trinajstić information content (AvgIpc) is 2.57. The summed E-state index contributed by atoms with van der Waals surface area (Å²) in [5.74, 6) is -0.330. The maximum absolute atomic E-state index is 12.2. The largest absolute Gasteiger partial charge is 1.00 e. The van der Waals surface area contributed by atoms with Crippen molar-refractivity contribution in [1.82, 2.24) is 14.5 Å². The van der Waals surface area contributed by atoms with Crippen molar-refractivity contribution in [2.45, 2.75) is 39.5 Å². The van der Waals surface area contributed by atoms with E-state index in [1.54, 1.807) is 6.07 Å². The first-order chi connectivity index (χ1) is 11.0. The van der Waals surface area contributed by atoms with Gasteiger partial charge in [-0.1, -0.05) is 13.8 Å². The van der Waals surface area contributed by atoms with E-state index in [2.05, 4.69) is 16.0 Å². The van der Waals surface area contributed by atoms with Crippen LogP contribution in [0.5, 0.6) is 5.88 Å². The van der Waals surface area contributed by atoms with Gasteiger partial charge in [0, 0.05) is 0 Å². The third kappa shape index (κ3) is 4.92. The summed E-state index contributed by atoms with van der Waals surface area (Å²) < 4.78 is 17.8. The van der Waals surface area contributed by atoms with Crippen LogP contribution in [-0.2, 0) is 9.47 Å². The van der Waals surface area contributed by atoms with Gasteiger partial charge in [0.05, 0.1) is 38.2 Å². The van der Waals surface area contributed by atoms with E-state index in [9.17, 15) is 4.79 Å². The number of hydrogen-bond acceptors (Lipinski definition) is 6. The molecule has 8 heteroatoms. The zero-order chi connectivity index (χ0) is 17.0. The molecule has 2 aromatic rings. The number of hydrogen-bond donors (Lipinski definition) is 0. The van der Waals surface area contributed by atoms with E-state index in [-0.39, 0.29) is 69.8 Å². The van der Waals surface area contributed by atoms with Crippen LogP contribution in [0.3, 0.4) is 0 Å². The number of pyridine rings is 1. The topological polar surface area (TPSA) is 75.5 Å². The summed E-state index contributed by atoms with van der Waals surface area (Å²) in [5, 5.41) is 0. The second-order valence-corrected chi connectivity index (χ2v) is 5.26. The fraction of sp³-hybridized carbons (Fsp3) is 0.562. The van der Waals surface area contributed by atoms with E-state index >= 15 is 0 Å². The Kier molecular flexibility index (Phi) is 8.65. The fourth-order valence-corrected chi connectivity index (χ4v) is 2.23. The molecule has 7 nitrogen and oxygen atoms in total. The van der Waals surface area contributed by atoms with Gasteiger partial charge in [-0.2, -0.15) is 6.07 Å². The van der Waals surface area contributed by atoms with Crippen LogP contribution in [0.25, 0.3) is 11.2 Å². The van der Waals surface area contributed by atoms with Crippen molar-refractivity contribution < 1.29 is 72.4 Å². The molecule has 1 saturated heterocycles. The van der Waals surface area contributed by atoms with Crippen molar-refractivity contribution in [2.24, 2.45) is 0 Å². The molecule has 0 spiro atoms. The molecule has 1 aliphatic heterocycles. The van der Waals surface area contributed by atoms with Gasteiger partial charge in [-0.25, -0.2) is 11.1 Å². The second kappa shape index (κ2) is 9.50. The maximum Gasteiger partial charge on any atom is 1.00 e. The van der Waals surface area contributed by atoms with Crippen LogP contribution in [0.15, 0.2) is 17.1 Å². The molecule has 126 valence electrons. The molecule has 0 saturated carbocycles. The van der Waals surface area contributed by atoms with Crippen molar-refractivity contribution in [1.29, 1.82) is 0 Å². The van der Waals surface area contributed by atoms with Crippen molar-refractivity contribution in [2.75, 3.05) is 20.3 Å². The first-order valence-corrected chi connectivity index (χ1v) is 7.62. The zero-order valence-electron chi connectivity index (χ0n) is 15.1. The van der Waals surface area contributed by atoms with Crippen molar-refractivity contribution >= 4 is 11.2 Å². The Morgan fingerprint density at radius 3 is 2.54 bits per heavy atom. The molecule has 3 heterocycles. The van der Waals surface area contributed by atoms with Crippen LogP contribution in [0, 0.1) is 6.07 Å². The van der Waals surface area contributed by atoms with E-state index in [4.69, 9.17) is 14.2 Å². The van der Waals surface area contributed by atoms with E-state index in [0.29, 0.717) is 30.3 Å². The minimum absolute atomic E-state index is 0. The molecule has 0 aliphatic carbocycles. The number of fused-ring (bicyclic) bond motifs is 1. The van der Waals surface area contributed by atoms with Gasteiger partial charge in [0.2, 0.25) is 0 Å². The van der Waals surface area contributed by atoms with Gasteiger partial charge in [-0.15, -0.1) is 0 Å². The molecule has 0 aromatic carbocycles. The molecule has 0 bridgehead atoms. The first kappa shape index (κ1) is 21.9. The number of methoxy groups -OCH3 is 1. The Morgan fingerprint density at radius 1 is 1.33 bits per heavy atom. The van der Waals surface area contributed by atoms with Gasteiger partial charge < -0.3 is 19.2 Å². The Hall–Kier alpha value is -0.185. The van der Waals surface area contributed by atoms with Gasteiger partial charge in [-0.05, 0) is 19.4 Å². The van der Waals surface area contributed by atoms with Crippen LogP contribution in [-0.4, -0.2) is 40.6 Å². The summed E-state index contributed by atoms with van der Waals surface area (Å²) in [6.07, 6.45) is 1.27. The van der Waals surface area contributed by atoms with Crippen LogP contribution in [0.1, 0.15) is 33.7 Å². The molecule has 0 atom stereocenters. The summed E-state index contributed by atoms with van der Waals surface area (Å²) >= 11 is 0. The summed E-state index contributed by atoms with van der Waals surface area (Å²) in [5.41, 5.74) is 0.760. The Morgan fingerprint density at radius 2 is 1.96 bits per heavy atom. The summed E-state index contributed by atoms with van der Waals surface area (Å²) in [7, 11) is 1.50. The van der Waals surface area contributed by atoms with Gasteiger partial charge in [0.15, 0.2) is 5.79 Å². The molecule has 0 N–H and O–H groups in total. The van der Waals surface area contributed by atoms with Crippen molar-refractivity contribution in [3.8, 4) is 5.88 Å². The molecular formula is C16H22N3O4Rb. The summed E-state index contributed by atoms with van der Waals surface area (Å²) in [4.78, 5) is 20.5. The molecular weight excluding hydrogens is 384 g/mol. The average molecular weight is 406 g/mol. The standard InChI is InChI=1S/C14H16N3O4.C2H6.Rb/c1-14(2)20-7-9(8-21-14)17-12(18)6-15-10-4-5-11(19-3)16-13(10)17;1-2;/h4,6,9H,7-8H2,1-3H3;1-2H3;/q-1;;+1. The molecule has 0 radical (unpaired) electrons. The Labute approximate surface area is 190 Å². The number of ether oxygens (including phenoxy) is 3. The number of nitrogens with zero attached hydrogens (tertiary/aromatic N) is 3. The molecule has 1 fully saturated rings. The van der Waals surface area contributed by atoms with Gasteiger partial charge in [0.1, 0.15) is 5.88 Å². The summed E-state index contributed by atoms with van der Waals surface area (Å²) in [6, 6.07) is 4.24. The molecule has 1 aliphatic rings. The van der Waals surface area contributed by atoms with Crippen molar-refractivity contribution in [3.05, 3.63) is 28.7 Å². The predicted octanol–water partition coefficient (Wildman–Crippen LogP) is -1.05. The molecule has 0 amide bonds. The third-order valence-electron chi connectivity index (χ3n) is 3.35. The van der Waals surface area contributed by atoms with Crippen LogP contribution in [0.4, 0.5) is 0 Å². The SMILES string of the molecule is CC.COc1[c-]cc2ncc(=O)n(C3COC(C)(C)OC3)c2n1.[Rb+]. The monoisotopic (exact) mass is 405 g/mol. The van der Waals surface area contributed by atoms with Crippen molar-refractivity contribution in [3.63, 3.8) is 0 Å². The minimum atomic E-state index is -0.637. The van der Waals surface area contributed by atoms with E-state index < -0.39 is 5.79 Å². The Bertz CT molecular complexity index is 723. The van der Waals surface area contributed by atoms with Crippen LogP contribution in [0.2, 0.25) is 0 Å². The quantitative estimate of drug-likeness (QED) is 0.594. The van der Waals surface area contributed by atoms with Gasteiger partial charge >= 0.3 is 58.2 Å². The zero-order valence-corrected chi connectivity index (χ0v) is 20.0. The Balaban J connectivity index is 0.000000925. The van der Waals surface area contributed by atoms with Crippen LogP contribution >= 0.6 is 0 Å². The maximum atomic E-state index is 12.2. The first-order valence-electron chi connectivity index (χ1n) is 7.62. The van der Waals surface area contributed by atoms with Crippen LogP contribution < -0.4 is 68.5 Å². The molecule has 2 aromatic heterocycles. The number of rotatable bonds is 2. The minimum Gasteiger partial charge on any atom is -0.497 e. The molecule has 0 unspecified atom stereocenters. The molecule has 3 rings (SSSR count). The van der Waals surface area contributed by atoms with E-state index in [1.165, 1.54) is 17.9 Å².